The average molecular weight is 475 g/mol. The predicted molar refractivity (Wildman–Crippen MR) is 144 cm³/mol. The lowest BCUT2D eigenvalue weighted by atomic mass is 10.1. The van der Waals surface area contributed by atoms with E-state index in [4.69, 9.17) is 4.98 Å². The monoisotopic (exact) mass is 474 g/mol. The summed E-state index contributed by atoms with van der Waals surface area (Å²) >= 11 is 0. The molecule has 1 aliphatic carbocycles. The zero-order valence-electron chi connectivity index (χ0n) is 21.3. The van der Waals surface area contributed by atoms with Crippen molar-refractivity contribution in [2.45, 2.75) is 58.9 Å². The van der Waals surface area contributed by atoms with Crippen LogP contribution in [0.4, 0.5) is 17.3 Å². The first-order chi connectivity index (χ1) is 17.0. The maximum absolute atomic E-state index is 13.0. The number of fused-ring (bicyclic) bond motifs is 1. The minimum atomic E-state index is 0.0590. The summed E-state index contributed by atoms with van der Waals surface area (Å²) in [7, 11) is 0. The second-order valence-electron chi connectivity index (χ2n) is 10.5. The van der Waals surface area contributed by atoms with Gasteiger partial charge in [0.25, 0.3) is 5.56 Å². The molecule has 2 aromatic heterocycles. The van der Waals surface area contributed by atoms with E-state index in [1.165, 1.54) is 25.1 Å². The molecule has 0 amide bonds. The second-order valence-corrected chi connectivity index (χ2v) is 10.5. The van der Waals surface area contributed by atoms with Crippen LogP contribution in [0.5, 0.6) is 0 Å². The summed E-state index contributed by atoms with van der Waals surface area (Å²) in [6.07, 6.45) is 7.09. The third-order valence-electron chi connectivity index (χ3n) is 7.43. The van der Waals surface area contributed by atoms with Crippen LogP contribution in [0.2, 0.25) is 0 Å². The normalized spacial score (nSPS) is 17.5. The highest BCUT2D eigenvalue weighted by Crippen LogP contribution is 2.31. The van der Waals surface area contributed by atoms with Crippen molar-refractivity contribution in [3.05, 3.63) is 52.4 Å². The molecule has 1 aromatic carbocycles. The lowest BCUT2D eigenvalue weighted by Gasteiger charge is -2.36. The molecule has 2 fully saturated rings. The Morgan fingerprint density at radius 2 is 1.77 bits per heavy atom. The van der Waals surface area contributed by atoms with Crippen molar-refractivity contribution < 1.29 is 0 Å². The van der Waals surface area contributed by atoms with Crippen LogP contribution in [-0.4, -0.2) is 52.2 Å². The molecule has 3 heterocycles. The molecule has 2 aliphatic rings. The van der Waals surface area contributed by atoms with Gasteiger partial charge in [0.1, 0.15) is 5.65 Å². The Hall–Kier alpha value is -2.93. The van der Waals surface area contributed by atoms with Crippen LogP contribution in [0.1, 0.15) is 58.1 Å². The Labute approximate surface area is 208 Å². The molecule has 0 unspecified atom stereocenters. The van der Waals surface area contributed by atoms with E-state index < -0.39 is 0 Å². The van der Waals surface area contributed by atoms with Gasteiger partial charge in [-0.3, -0.25) is 14.3 Å². The first-order valence-corrected chi connectivity index (χ1v) is 13.3. The molecule has 3 aromatic rings. The quantitative estimate of drug-likeness (QED) is 0.520. The molecular weight excluding hydrogens is 436 g/mol. The summed E-state index contributed by atoms with van der Waals surface area (Å²) in [6.45, 7) is 12.2. The molecule has 7 nitrogen and oxygen atoms in total. The topological polar surface area (TPSA) is 66.3 Å². The van der Waals surface area contributed by atoms with Crippen molar-refractivity contribution in [2.24, 2.45) is 5.92 Å². The van der Waals surface area contributed by atoms with Gasteiger partial charge in [0.15, 0.2) is 0 Å². The van der Waals surface area contributed by atoms with Crippen molar-refractivity contribution in [3.63, 3.8) is 0 Å². The number of anilines is 3. The van der Waals surface area contributed by atoms with Gasteiger partial charge in [-0.15, -0.1) is 0 Å². The third-order valence-corrected chi connectivity index (χ3v) is 7.43. The van der Waals surface area contributed by atoms with Gasteiger partial charge in [-0.05, 0) is 55.0 Å². The molecule has 1 aliphatic heterocycles. The van der Waals surface area contributed by atoms with E-state index in [1.54, 1.807) is 6.07 Å². The van der Waals surface area contributed by atoms with Crippen LogP contribution in [0.3, 0.4) is 0 Å². The summed E-state index contributed by atoms with van der Waals surface area (Å²) in [6, 6.07) is 10.5. The molecule has 0 bridgehead atoms. The summed E-state index contributed by atoms with van der Waals surface area (Å²) < 4.78 is 1.91. The maximum Gasteiger partial charge on any atom is 0.252 e. The number of piperazine rings is 1. The molecule has 1 saturated heterocycles. The van der Waals surface area contributed by atoms with Gasteiger partial charge in [-0.2, -0.15) is 4.98 Å². The van der Waals surface area contributed by atoms with Gasteiger partial charge >= 0.3 is 0 Å². The van der Waals surface area contributed by atoms with Gasteiger partial charge in [0.2, 0.25) is 5.95 Å². The molecule has 5 rings (SSSR count). The first-order valence-electron chi connectivity index (χ1n) is 13.3. The van der Waals surface area contributed by atoms with Gasteiger partial charge in [0, 0.05) is 67.8 Å². The fourth-order valence-corrected chi connectivity index (χ4v) is 5.64. The Balaban J connectivity index is 1.34. The van der Waals surface area contributed by atoms with Gasteiger partial charge in [0.05, 0.1) is 0 Å². The number of hydrogen-bond acceptors (Lipinski definition) is 6. The molecule has 1 N–H and O–H groups in total. The fraction of sp³-hybridized carbons (Fsp3) is 0.536. The predicted octanol–water partition coefficient (Wildman–Crippen LogP) is 4.99. The molecule has 1 saturated carbocycles. The van der Waals surface area contributed by atoms with Crippen molar-refractivity contribution in [3.8, 4) is 0 Å². The van der Waals surface area contributed by atoms with Crippen LogP contribution in [-0.2, 0) is 6.42 Å². The van der Waals surface area contributed by atoms with Gasteiger partial charge in [-0.1, -0.05) is 33.6 Å². The highest BCUT2D eigenvalue weighted by molar-refractivity contribution is 5.80. The number of aromatic nitrogens is 3. The number of hydrogen-bond donors (Lipinski definition) is 1. The molecule has 0 spiro atoms. The molecular formula is C28H38N6O. The summed E-state index contributed by atoms with van der Waals surface area (Å²) in [4.78, 5) is 27.5. The van der Waals surface area contributed by atoms with Crippen molar-refractivity contribution in [1.29, 1.82) is 0 Å². The number of nitrogens with zero attached hydrogens (tertiary/aromatic N) is 5. The smallest absolute Gasteiger partial charge is 0.252 e. The van der Waals surface area contributed by atoms with Crippen molar-refractivity contribution in [2.75, 3.05) is 42.9 Å². The fourth-order valence-electron chi connectivity index (χ4n) is 5.64. The Kier molecular flexibility index (Phi) is 7.04. The lowest BCUT2D eigenvalue weighted by Crippen LogP contribution is -2.47. The van der Waals surface area contributed by atoms with E-state index in [2.05, 4.69) is 65.1 Å². The van der Waals surface area contributed by atoms with Crippen molar-refractivity contribution >= 4 is 28.4 Å². The highest BCUT2D eigenvalue weighted by atomic mass is 16.1. The minimum Gasteiger partial charge on any atom is -0.369 e. The molecule has 0 atom stereocenters. The van der Waals surface area contributed by atoms with E-state index in [9.17, 15) is 4.79 Å². The third kappa shape index (κ3) is 5.20. The largest absolute Gasteiger partial charge is 0.369 e. The number of aryl methyl sites for hydroxylation is 1. The average Bonchev–Trinajstić information content (AvgIpc) is 3.38. The second kappa shape index (κ2) is 10.4. The van der Waals surface area contributed by atoms with Crippen molar-refractivity contribution in [1.82, 2.24) is 19.4 Å². The zero-order valence-corrected chi connectivity index (χ0v) is 21.3. The summed E-state index contributed by atoms with van der Waals surface area (Å²) in [5.74, 6) is 1.25. The molecule has 7 heteroatoms. The Morgan fingerprint density at radius 1 is 1.06 bits per heavy atom. The summed E-state index contributed by atoms with van der Waals surface area (Å²) in [5.41, 5.74) is 4.04. The molecule has 0 radical (unpaired) electrons. The van der Waals surface area contributed by atoms with Crippen LogP contribution in [0.15, 0.2) is 41.3 Å². The van der Waals surface area contributed by atoms with Crippen LogP contribution < -0.4 is 15.8 Å². The van der Waals surface area contributed by atoms with Crippen LogP contribution in [0, 0.1) is 5.92 Å². The van der Waals surface area contributed by atoms with E-state index in [1.807, 2.05) is 10.8 Å². The summed E-state index contributed by atoms with van der Waals surface area (Å²) in [5, 5.41) is 4.35. The Bertz CT molecular complexity index is 1200. The Morgan fingerprint density at radius 3 is 2.43 bits per heavy atom. The minimum absolute atomic E-state index is 0.0590. The first kappa shape index (κ1) is 23.8. The molecule has 186 valence electrons. The standard InChI is InChI=1S/C28H38N6O/c1-4-21-17-26(35)34(24-7-5-6-8-24)27-25(21)18-29-28(31-27)30-22-9-11-23(12-10-22)33-15-13-32(14-16-33)19-20(2)3/h9-12,17-18,20,24H,4-8,13-16,19H2,1-3H3,(H,29,30,31). The van der Waals surface area contributed by atoms with Crippen LogP contribution >= 0.6 is 0 Å². The van der Waals surface area contributed by atoms with E-state index >= 15 is 0 Å². The number of benzene rings is 1. The lowest BCUT2D eigenvalue weighted by molar-refractivity contribution is 0.231. The van der Waals surface area contributed by atoms with Gasteiger partial charge in [-0.25, -0.2) is 4.98 Å². The zero-order chi connectivity index (χ0) is 24.4. The van der Waals surface area contributed by atoms with Gasteiger partial charge < -0.3 is 10.2 Å². The maximum atomic E-state index is 13.0. The number of rotatable bonds is 7. The highest BCUT2D eigenvalue weighted by Gasteiger charge is 2.22. The SMILES string of the molecule is CCc1cc(=O)n(C2CCCC2)c2nc(Nc3ccc(N4CCN(CC(C)C)CC4)cc3)ncc12. The van der Waals surface area contributed by atoms with E-state index in [0.717, 1.165) is 67.7 Å². The number of pyridine rings is 1. The van der Waals surface area contributed by atoms with E-state index in [0.29, 0.717) is 11.9 Å². The van der Waals surface area contributed by atoms with E-state index in [-0.39, 0.29) is 11.6 Å². The van der Waals surface area contributed by atoms with Crippen LogP contribution in [0.25, 0.3) is 11.0 Å². The number of nitrogens with one attached hydrogen (secondary N) is 1. The molecule has 35 heavy (non-hydrogen) atoms.